The first-order valence-corrected chi connectivity index (χ1v) is 16.9. The molecule has 11 nitrogen and oxygen atoms in total. The second kappa shape index (κ2) is 18.3. The lowest BCUT2D eigenvalue weighted by Crippen LogP contribution is -2.09. The molecule has 0 aliphatic rings. The van der Waals surface area contributed by atoms with E-state index in [-0.39, 0.29) is 25.0 Å². The van der Waals surface area contributed by atoms with E-state index in [2.05, 4.69) is 9.97 Å². The topological polar surface area (TPSA) is 154 Å². The van der Waals surface area contributed by atoms with Crippen molar-refractivity contribution in [3.63, 3.8) is 0 Å². The molecule has 0 spiro atoms. The highest BCUT2D eigenvalue weighted by atomic mass is 19.4. The maximum Gasteiger partial charge on any atom is 0.416 e. The maximum atomic E-state index is 12.7. The molecule has 4 aromatic carbocycles. The maximum absolute atomic E-state index is 12.7. The van der Waals surface area contributed by atoms with E-state index in [1.54, 1.807) is 62.4 Å². The standard InChI is InChI=1S/C21H16F3NO4.C20H16F3NO5/c1-13-18(12-28-17-9-2-14(3-10-17)4-11-19(26)27)29-20(25-13)15-5-7-16(8-6-15)21(22,23)24;1-12-17(10-27-15-6-8-16(9-7-15)28-11-18(25)26)29-19(24-12)13-2-4-14(5-3-13)20(21,22)23/h2-11H,12H2,1H3,(H,26,27);2-9H,10-11H2,1H3,(H,25,26)/b11-4+;. The summed E-state index contributed by atoms with van der Waals surface area (Å²) < 4.78 is 104. The zero-order valence-corrected chi connectivity index (χ0v) is 30.4. The highest BCUT2D eigenvalue weighted by Gasteiger charge is 2.31. The summed E-state index contributed by atoms with van der Waals surface area (Å²) >= 11 is 0. The van der Waals surface area contributed by atoms with Gasteiger partial charge in [0, 0.05) is 17.2 Å². The van der Waals surface area contributed by atoms with E-state index < -0.39 is 42.0 Å². The lowest BCUT2D eigenvalue weighted by atomic mass is 10.1. The van der Waals surface area contributed by atoms with Crippen LogP contribution in [0.3, 0.4) is 0 Å². The smallest absolute Gasteiger partial charge is 0.416 e. The number of hydrogen-bond donors (Lipinski definition) is 2. The normalized spacial score (nSPS) is 11.5. The van der Waals surface area contributed by atoms with Crippen molar-refractivity contribution < 1.29 is 69.2 Å². The molecule has 2 heterocycles. The quantitative estimate of drug-likeness (QED) is 0.0846. The van der Waals surface area contributed by atoms with Gasteiger partial charge in [-0.2, -0.15) is 26.3 Å². The predicted octanol–water partition coefficient (Wildman–Crippen LogP) is 10.1. The molecule has 58 heavy (non-hydrogen) atoms. The Balaban J connectivity index is 0.000000221. The number of carboxylic acids is 2. The Kier molecular flexibility index (Phi) is 13.3. The Morgan fingerprint density at radius 2 is 0.983 bits per heavy atom. The van der Waals surface area contributed by atoms with Gasteiger partial charge < -0.3 is 33.3 Å². The number of nitrogens with zero attached hydrogens (tertiary/aromatic N) is 2. The molecular formula is C41H32F6N2O9. The van der Waals surface area contributed by atoms with Crippen molar-refractivity contribution >= 4 is 18.0 Å². The highest BCUT2D eigenvalue weighted by Crippen LogP contribution is 2.33. The van der Waals surface area contributed by atoms with E-state index in [0.717, 1.165) is 30.3 Å². The largest absolute Gasteiger partial charge is 0.486 e. The number of aliphatic carboxylic acids is 2. The third-order valence-corrected chi connectivity index (χ3v) is 7.93. The van der Waals surface area contributed by atoms with Crippen LogP contribution in [0.4, 0.5) is 26.3 Å². The van der Waals surface area contributed by atoms with Crippen molar-refractivity contribution in [2.75, 3.05) is 6.61 Å². The van der Waals surface area contributed by atoms with Gasteiger partial charge in [-0.1, -0.05) is 12.1 Å². The Labute approximate surface area is 325 Å². The number of alkyl halides is 6. The van der Waals surface area contributed by atoms with E-state index >= 15 is 0 Å². The van der Waals surface area contributed by atoms with Crippen LogP contribution in [0.1, 0.15) is 39.6 Å². The van der Waals surface area contributed by atoms with Crippen LogP contribution in [0.15, 0.2) is 112 Å². The van der Waals surface area contributed by atoms with Crippen molar-refractivity contribution in [1.29, 1.82) is 0 Å². The summed E-state index contributed by atoms with van der Waals surface area (Å²) in [4.78, 5) is 29.5. The molecular weight excluding hydrogens is 778 g/mol. The van der Waals surface area contributed by atoms with Crippen LogP contribution in [0.25, 0.3) is 29.0 Å². The molecule has 6 rings (SSSR count). The highest BCUT2D eigenvalue weighted by molar-refractivity contribution is 5.85. The fraction of sp³-hybridized carbons (Fsp3) is 0.171. The number of halogens is 6. The number of benzene rings is 4. The molecule has 0 unspecified atom stereocenters. The molecule has 0 saturated heterocycles. The zero-order chi connectivity index (χ0) is 42.0. The molecule has 0 saturated carbocycles. The van der Waals surface area contributed by atoms with Crippen molar-refractivity contribution in [3.05, 3.63) is 143 Å². The second-order valence-electron chi connectivity index (χ2n) is 12.2. The second-order valence-corrected chi connectivity index (χ2v) is 12.2. The van der Waals surface area contributed by atoms with Gasteiger partial charge in [0.2, 0.25) is 11.8 Å². The summed E-state index contributed by atoms with van der Waals surface area (Å²) in [5, 5.41) is 17.2. The molecule has 0 atom stereocenters. The minimum absolute atomic E-state index is 0.0643. The van der Waals surface area contributed by atoms with Crippen molar-refractivity contribution in [2.45, 2.75) is 39.4 Å². The van der Waals surface area contributed by atoms with Gasteiger partial charge in [-0.15, -0.1) is 0 Å². The summed E-state index contributed by atoms with van der Waals surface area (Å²) in [6.07, 6.45) is -6.30. The van der Waals surface area contributed by atoms with Crippen LogP contribution in [0.5, 0.6) is 17.2 Å². The van der Waals surface area contributed by atoms with Gasteiger partial charge in [-0.05, 0) is 110 Å². The van der Waals surface area contributed by atoms with Gasteiger partial charge in [0.25, 0.3) is 0 Å². The van der Waals surface area contributed by atoms with Crippen molar-refractivity contribution in [2.24, 2.45) is 0 Å². The third kappa shape index (κ3) is 12.0. The molecule has 6 aromatic rings. The van der Waals surface area contributed by atoms with Crippen LogP contribution in [0, 0.1) is 13.8 Å². The van der Waals surface area contributed by atoms with Crippen LogP contribution in [0.2, 0.25) is 0 Å². The zero-order valence-electron chi connectivity index (χ0n) is 30.4. The van der Waals surface area contributed by atoms with E-state index in [0.29, 0.717) is 56.8 Å². The summed E-state index contributed by atoms with van der Waals surface area (Å²) in [6.45, 7) is 3.14. The number of hydrogen-bond acceptors (Lipinski definition) is 9. The molecule has 0 aliphatic carbocycles. The molecule has 17 heteroatoms. The van der Waals surface area contributed by atoms with Gasteiger partial charge in [0.15, 0.2) is 18.1 Å². The van der Waals surface area contributed by atoms with E-state index in [1.165, 1.54) is 30.3 Å². The predicted molar refractivity (Wildman–Crippen MR) is 195 cm³/mol. The Bertz CT molecular complexity index is 2330. The number of ether oxygens (including phenoxy) is 3. The van der Waals surface area contributed by atoms with Crippen LogP contribution < -0.4 is 14.2 Å². The van der Waals surface area contributed by atoms with Gasteiger partial charge in [0.05, 0.1) is 22.5 Å². The van der Waals surface area contributed by atoms with Crippen molar-refractivity contribution in [1.82, 2.24) is 9.97 Å². The number of aromatic nitrogens is 2. The molecule has 0 radical (unpaired) electrons. The van der Waals surface area contributed by atoms with Gasteiger partial charge in [0.1, 0.15) is 30.5 Å². The third-order valence-electron chi connectivity index (χ3n) is 7.93. The lowest BCUT2D eigenvalue weighted by molar-refractivity contribution is -0.139. The van der Waals surface area contributed by atoms with Gasteiger partial charge >= 0.3 is 24.3 Å². The average molecular weight is 811 g/mol. The van der Waals surface area contributed by atoms with E-state index in [1.807, 2.05) is 0 Å². The fourth-order valence-electron chi connectivity index (χ4n) is 4.89. The Morgan fingerprint density at radius 3 is 1.34 bits per heavy atom. The monoisotopic (exact) mass is 810 g/mol. The number of aryl methyl sites for hydroxylation is 2. The summed E-state index contributed by atoms with van der Waals surface area (Å²) in [7, 11) is 0. The van der Waals surface area contributed by atoms with E-state index in [4.69, 9.17) is 33.3 Å². The molecule has 2 N–H and O–H groups in total. The first kappa shape index (κ1) is 42.1. The van der Waals surface area contributed by atoms with Crippen LogP contribution in [-0.2, 0) is 35.2 Å². The van der Waals surface area contributed by atoms with Gasteiger partial charge in [-0.3, -0.25) is 0 Å². The molecule has 0 bridgehead atoms. The molecule has 0 aliphatic heterocycles. The number of oxazole rings is 2. The number of carboxylic acid groups (broad SMARTS) is 2. The first-order chi connectivity index (χ1) is 27.4. The van der Waals surface area contributed by atoms with Crippen LogP contribution in [-0.4, -0.2) is 38.7 Å². The van der Waals surface area contributed by atoms with E-state index in [9.17, 15) is 35.9 Å². The average Bonchev–Trinajstić information content (AvgIpc) is 3.76. The summed E-state index contributed by atoms with van der Waals surface area (Å²) in [6, 6.07) is 22.2. The summed E-state index contributed by atoms with van der Waals surface area (Å²) in [5.41, 5.74) is 1.20. The molecule has 0 fully saturated rings. The SMILES string of the molecule is Cc1nc(-c2ccc(C(F)(F)F)cc2)oc1COc1ccc(/C=C/C(=O)O)cc1.Cc1nc(-c2ccc(C(F)(F)F)cc2)oc1COc1ccc(OCC(=O)O)cc1. The summed E-state index contributed by atoms with van der Waals surface area (Å²) in [5.74, 6) is 0.631. The van der Waals surface area contributed by atoms with Crippen LogP contribution >= 0.6 is 0 Å². The Hall–Kier alpha value is -7.04. The lowest BCUT2D eigenvalue weighted by Gasteiger charge is -2.07. The number of carbonyl (C=O) groups is 2. The minimum Gasteiger partial charge on any atom is -0.486 e. The molecule has 2 aromatic heterocycles. The number of rotatable bonds is 13. The van der Waals surface area contributed by atoms with Crippen molar-refractivity contribution in [3.8, 4) is 40.2 Å². The Morgan fingerprint density at radius 1 is 0.603 bits per heavy atom. The minimum atomic E-state index is -4.40. The molecule has 302 valence electrons. The fourth-order valence-corrected chi connectivity index (χ4v) is 4.89. The first-order valence-electron chi connectivity index (χ1n) is 16.9. The molecule has 0 amide bonds. The van der Waals surface area contributed by atoms with Gasteiger partial charge in [-0.25, -0.2) is 19.6 Å².